The number of carbonyl (C=O) groups is 1. The van der Waals surface area contributed by atoms with Gasteiger partial charge in [-0.2, -0.15) is 0 Å². The van der Waals surface area contributed by atoms with Gasteiger partial charge >= 0.3 is 0 Å². The van der Waals surface area contributed by atoms with Crippen molar-refractivity contribution in [1.29, 1.82) is 0 Å². The Bertz CT molecular complexity index is 490. The van der Waals surface area contributed by atoms with Gasteiger partial charge in [-0.1, -0.05) is 17.7 Å². The normalized spacial score (nSPS) is 21.5. The Labute approximate surface area is 103 Å². The molecule has 4 nitrogen and oxygen atoms in total. The number of nitrogens with zero attached hydrogens (tertiary/aromatic N) is 1. The first-order valence-electron chi connectivity index (χ1n) is 5.18. The topological polar surface area (TPSA) is 53.5 Å². The third-order valence-electron chi connectivity index (χ3n) is 2.37. The minimum atomic E-state index is -0.752. The fourth-order valence-electron chi connectivity index (χ4n) is 1.63. The molecule has 1 aromatic rings. The number of aliphatic imine (C=N–C) groups is 1. The molecule has 0 aromatic heterocycles. The van der Waals surface area contributed by atoms with Crippen LogP contribution in [0.1, 0.15) is 18.5 Å². The molecule has 0 bridgehead atoms. The maximum Gasteiger partial charge on any atom is 0.254 e. The highest BCUT2D eigenvalue weighted by Crippen LogP contribution is 2.22. The molecule has 6 heteroatoms. The van der Waals surface area contributed by atoms with Gasteiger partial charge < -0.3 is 5.32 Å². The number of halogens is 2. The summed E-state index contributed by atoms with van der Waals surface area (Å²) in [6, 6.07) is 3.46. The van der Waals surface area contributed by atoms with Crippen molar-refractivity contribution in [2.24, 2.45) is 4.99 Å². The standard InChI is InChI=1S/C11H11ClFN3O/c1-2-14-11-15-9(10(17)16-11)7-4-3-6(12)5-8(7)13/h3-5,9H,2H2,1H3,(H2,14,15,16,17). The molecule has 17 heavy (non-hydrogen) atoms. The molecule has 0 saturated carbocycles. The lowest BCUT2D eigenvalue weighted by atomic mass is 10.1. The molecular formula is C11H11ClFN3O. The fraction of sp³-hybridized carbons (Fsp3) is 0.273. The Hall–Kier alpha value is -1.62. The monoisotopic (exact) mass is 255 g/mol. The van der Waals surface area contributed by atoms with Gasteiger partial charge in [0, 0.05) is 17.1 Å². The molecule has 1 fully saturated rings. The lowest BCUT2D eigenvalue weighted by molar-refractivity contribution is -0.120. The fourth-order valence-corrected chi connectivity index (χ4v) is 1.78. The molecule has 0 aliphatic carbocycles. The Morgan fingerprint density at radius 3 is 2.94 bits per heavy atom. The number of rotatable bonds is 2. The number of carbonyl (C=O) groups excluding carboxylic acids is 1. The SMILES string of the molecule is CCN=C1NC(=O)C(c2ccc(Cl)cc2F)N1. The van der Waals surface area contributed by atoms with E-state index in [9.17, 15) is 9.18 Å². The van der Waals surface area contributed by atoms with Crippen LogP contribution in [0.15, 0.2) is 23.2 Å². The van der Waals surface area contributed by atoms with E-state index in [2.05, 4.69) is 15.6 Å². The molecule has 1 unspecified atom stereocenters. The molecule has 1 aromatic carbocycles. The van der Waals surface area contributed by atoms with Crippen molar-refractivity contribution in [3.05, 3.63) is 34.6 Å². The highest BCUT2D eigenvalue weighted by atomic mass is 35.5. The molecule has 0 spiro atoms. The van der Waals surface area contributed by atoms with E-state index >= 15 is 0 Å². The summed E-state index contributed by atoms with van der Waals surface area (Å²) >= 11 is 5.65. The van der Waals surface area contributed by atoms with Crippen molar-refractivity contribution < 1.29 is 9.18 Å². The van der Waals surface area contributed by atoms with Crippen LogP contribution in [0.25, 0.3) is 0 Å². The quantitative estimate of drug-likeness (QED) is 0.844. The van der Waals surface area contributed by atoms with Crippen LogP contribution in [-0.2, 0) is 4.79 Å². The number of nitrogens with one attached hydrogen (secondary N) is 2. The van der Waals surface area contributed by atoms with Gasteiger partial charge in [-0.25, -0.2) is 4.39 Å². The van der Waals surface area contributed by atoms with E-state index in [4.69, 9.17) is 11.6 Å². The van der Waals surface area contributed by atoms with Crippen LogP contribution in [0.2, 0.25) is 5.02 Å². The van der Waals surface area contributed by atoms with E-state index in [0.717, 1.165) is 0 Å². The van der Waals surface area contributed by atoms with Crippen molar-refractivity contribution in [3.8, 4) is 0 Å². The molecule has 2 rings (SSSR count). The number of guanidine groups is 1. The minimum Gasteiger partial charge on any atom is -0.340 e. The summed E-state index contributed by atoms with van der Waals surface area (Å²) in [5.41, 5.74) is 0.258. The van der Waals surface area contributed by atoms with Crippen molar-refractivity contribution in [2.75, 3.05) is 6.54 Å². The molecule has 1 heterocycles. The summed E-state index contributed by atoms with van der Waals surface area (Å²) < 4.78 is 13.6. The first-order valence-corrected chi connectivity index (χ1v) is 5.56. The minimum absolute atomic E-state index is 0.258. The number of amides is 1. The van der Waals surface area contributed by atoms with Crippen LogP contribution in [0.5, 0.6) is 0 Å². The summed E-state index contributed by atoms with van der Waals surface area (Å²) in [7, 11) is 0. The second-order valence-electron chi connectivity index (χ2n) is 3.56. The first kappa shape index (κ1) is 11.9. The second kappa shape index (κ2) is 4.71. The summed E-state index contributed by atoms with van der Waals surface area (Å²) in [5, 5.41) is 5.67. The molecule has 1 atom stereocenters. The zero-order valence-electron chi connectivity index (χ0n) is 9.13. The molecule has 0 radical (unpaired) electrons. The van der Waals surface area contributed by atoms with E-state index in [1.54, 1.807) is 6.07 Å². The number of hydrogen-bond donors (Lipinski definition) is 2. The van der Waals surface area contributed by atoms with Gasteiger partial charge in [-0.3, -0.25) is 15.1 Å². The lowest BCUT2D eigenvalue weighted by Crippen LogP contribution is -2.25. The summed E-state index contributed by atoms with van der Waals surface area (Å²) in [6.07, 6.45) is 0. The largest absolute Gasteiger partial charge is 0.340 e. The van der Waals surface area contributed by atoms with Crippen LogP contribution in [0.3, 0.4) is 0 Å². The van der Waals surface area contributed by atoms with E-state index in [1.165, 1.54) is 12.1 Å². The van der Waals surface area contributed by atoms with Crippen molar-refractivity contribution in [3.63, 3.8) is 0 Å². The summed E-state index contributed by atoms with van der Waals surface area (Å²) in [6.45, 7) is 2.38. The molecule has 2 N–H and O–H groups in total. The van der Waals surface area contributed by atoms with Gasteiger partial charge in [0.15, 0.2) is 5.96 Å². The molecule has 1 amide bonds. The second-order valence-corrected chi connectivity index (χ2v) is 3.99. The number of benzene rings is 1. The van der Waals surface area contributed by atoms with Gasteiger partial charge in [0.2, 0.25) is 0 Å². The van der Waals surface area contributed by atoms with Crippen LogP contribution >= 0.6 is 11.6 Å². The van der Waals surface area contributed by atoms with Crippen LogP contribution in [-0.4, -0.2) is 18.4 Å². The van der Waals surface area contributed by atoms with E-state index in [1.807, 2.05) is 6.92 Å². The van der Waals surface area contributed by atoms with Gasteiger partial charge in [-0.15, -0.1) is 0 Å². The molecular weight excluding hydrogens is 245 g/mol. The highest BCUT2D eigenvalue weighted by molar-refractivity contribution is 6.30. The van der Waals surface area contributed by atoms with Crippen molar-refractivity contribution >= 4 is 23.5 Å². The Morgan fingerprint density at radius 2 is 2.29 bits per heavy atom. The predicted molar refractivity (Wildman–Crippen MR) is 63.4 cm³/mol. The zero-order valence-corrected chi connectivity index (χ0v) is 9.88. The third-order valence-corrected chi connectivity index (χ3v) is 2.61. The average Bonchev–Trinajstić information content (AvgIpc) is 2.60. The molecule has 1 aliphatic heterocycles. The maximum absolute atomic E-state index is 13.6. The lowest BCUT2D eigenvalue weighted by Gasteiger charge is -2.09. The summed E-state index contributed by atoms with van der Waals surface area (Å²) in [5.74, 6) is -0.460. The van der Waals surface area contributed by atoms with Gasteiger partial charge in [0.25, 0.3) is 5.91 Å². The molecule has 90 valence electrons. The van der Waals surface area contributed by atoms with Gasteiger partial charge in [0.05, 0.1) is 0 Å². The van der Waals surface area contributed by atoms with Crippen LogP contribution < -0.4 is 10.6 Å². The Morgan fingerprint density at radius 1 is 1.53 bits per heavy atom. The predicted octanol–water partition coefficient (Wildman–Crippen LogP) is 1.62. The Kier molecular flexibility index (Phi) is 3.28. The first-order chi connectivity index (χ1) is 8.11. The molecule has 1 aliphatic rings. The highest BCUT2D eigenvalue weighted by Gasteiger charge is 2.31. The van der Waals surface area contributed by atoms with E-state index in [0.29, 0.717) is 17.5 Å². The third kappa shape index (κ3) is 2.39. The molecule has 1 saturated heterocycles. The Balaban J connectivity index is 2.29. The van der Waals surface area contributed by atoms with Crippen molar-refractivity contribution in [2.45, 2.75) is 13.0 Å². The van der Waals surface area contributed by atoms with Crippen molar-refractivity contribution in [1.82, 2.24) is 10.6 Å². The zero-order chi connectivity index (χ0) is 12.4. The van der Waals surface area contributed by atoms with Crippen LogP contribution in [0.4, 0.5) is 4.39 Å². The van der Waals surface area contributed by atoms with E-state index < -0.39 is 11.9 Å². The van der Waals surface area contributed by atoms with Crippen LogP contribution in [0, 0.1) is 5.82 Å². The maximum atomic E-state index is 13.6. The summed E-state index contributed by atoms with van der Waals surface area (Å²) in [4.78, 5) is 15.7. The number of hydrogen-bond acceptors (Lipinski definition) is 2. The van der Waals surface area contributed by atoms with E-state index in [-0.39, 0.29) is 11.5 Å². The smallest absolute Gasteiger partial charge is 0.254 e. The van der Waals surface area contributed by atoms with Gasteiger partial charge in [0.1, 0.15) is 11.9 Å². The average molecular weight is 256 g/mol. The van der Waals surface area contributed by atoms with Gasteiger partial charge in [-0.05, 0) is 19.1 Å².